The lowest BCUT2D eigenvalue weighted by molar-refractivity contribution is 1.10. The minimum absolute atomic E-state index is 0. The molecule has 0 atom stereocenters. The van der Waals surface area contributed by atoms with Gasteiger partial charge in [0, 0.05) is 5.69 Å². The van der Waals surface area contributed by atoms with Crippen molar-refractivity contribution in [3.8, 4) is 0 Å². The Bertz CT molecular complexity index is 305. The molecule has 0 radical (unpaired) electrons. The number of allylic oxidation sites excluding steroid dienone is 2. The van der Waals surface area contributed by atoms with Gasteiger partial charge in [0.15, 0.2) is 0 Å². The Kier molecular flexibility index (Phi) is 2.77. The molecule has 0 fully saturated rings. The SMILES string of the molecule is Cl.Nc1cccc2c1CC=CC2. The Balaban J connectivity index is 0.000000720. The molecular weight excluding hydrogens is 170 g/mol. The van der Waals surface area contributed by atoms with Crippen LogP contribution in [0.15, 0.2) is 30.4 Å². The summed E-state index contributed by atoms with van der Waals surface area (Å²) in [6.45, 7) is 0. The Morgan fingerprint density at radius 2 is 1.83 bits per heavy atom. The van der Waals surface area contributed by atoms with Crippen molar-refractivity contribution in [2.45, 2.75) is 12.8 Å². The summed E-state index contributed by atoms with van der Waals surface area (Å²) < 4.78 is 0. The summed E-state index contributed by atoms with van der Waals surface area (Å²) in [6.07, 6.45) is 6.42. The quantitative estimate of drug-likeness (QED) is 0.483. The monoisotopic (exact) mass is 181 g/mol. The summed E-state index contributed by atoms with van der Waals surface area (Å²) in [5.41, 5.74) is 9.44. The maximum absolute atomic E-state index is 5.81. The van der Waals surface area contributed by atoms with Crippen molar-refractivity contribution in [3.63, 3.8) is 0 Å². The number of halogens is 1. The average Bonchev–Trinajstić information content (AvgIpc) is 2.06. The predicted octanol–water partition coefficient (Wildman–Crippen LogP) is 2.35. The van der Waals surface area contributed by atoms with Crippen molar-refractivity contribution in [2.75, 3.05) is 5.73 Å². The minimum atomic E-state index is 0. The fraction of sp³-hybridized carbons (Fsp3) is 0.200. The Morgan fingerprint density at radius 3 is 2.58 bits per heavy atom. The fourth-order valence-corrected chi connectivity index (χ4v) is 1.51. The normalized spacial score (nSPS) is 13.3. The molecule has 1 aromatic rings. The molecule has 2 N–H and O–H groups in total. The number of fused-ring (bicyclic) bond motifs is 1. The third-order valence-electron chi connectivity index (χ3n) is 2.14. The van der Waals surface area contributed by atoms with Crippen LogP contribution in [0.2, 0.25) is 0 Å². The molecule has 1 aliphatic carbocycles. The second-order valence-corrected chi connectivity index (χ2v) is 2.86. The van der Waals surface area contributed by atoms with E-state index in [4.69, 9.17) is 5.73 Å². The first-order chi connectivity index (χ1) is 5.38. The van der Waals surface area contributed by atoms with Gasteiger partial charge in [-0.15, -0.1) is 12.4 Å². The molecule has 0 saturated heterocycles. The lowest BCUT2D eigenvalue weighted by Crippen LogP contribution is -2.01. The van der Waals surface area contributed by atoms with Gasteiger partial charge in [-0.2, -0.15) is 0 Å². The van der Waals surface area contributed by atoms with Gasteiger partial charge in [0.2, 0.25) is 0 Å². The molecule has 64 valence electrons. The first-order valence-electron chi connectivity index (χ1n) is 3.89. The zero-order valence-corrected chi connectivity index (χ0v) is 7.60. The maximum atomic E-state index is 5.81. The van der Waals surface area contributed by atoms with Gasteiger partial charge >= 0.3 is 0 Å². The van der Waals surface area contributed by atoms with Gasteiger partial charge in [-0.3, -0.25) is 0 Å². The van der Waals surface area contributed by atoms with E-state index in [-0.39, 0.29) is 12.4 Å². The zero-order chi connectivity index (χ0) is 7.68. The van der Waals surface area contributed by atoms with Crippen LogP contribution in [0, 0.1) is 0 Å². The highest BCUT2D eigenvalue weighted by atomic mass is 35.5. The number of nitrogens with two attached hydrogens (primary N) is 1. The Morgan fingerprint density at radius 1 is 1.08 bits per heavy atom. The first kappa shape index (κ1) is 9.14. The van der Waals surface area contributed by atoms with Crippen molar-refractivity contribution < 1.29 is 0 Å². The van der Waals surface area contributed by atoms with Gasteiger partial charge in [-0.25, -0.2) is 0 Å². The molecule has 0 aromatic heterocycles. The second kappa shape index (κ2) is 3.63. The summed E-state index contributed by atoms with van der Waals surface area (Å²) in [5, 5.41) is 0. The van der Waals surface area contributed by atoms with Gasteiger partial charge in [0.25, 0.3) is 0 Å². The number of hydrogen-bond donors (Lipinski definition) is 1. The fourth-order valence-electron chi connectivity index (χ4n) is 1.51. The van der Waals surface area contributed by atoms with Crippen LogP contribution in [-0.2, 0) is 12.8 Å². The second-order valence-electron chi connectivity index (χ2n) is 2.86. The van der Waals surface area contributed by atoms with E-state index in [1.54, 1.807) is 0 Å². The lowest BCUT2D eigenvalue weighted by atomic mass is 9.96. The molecule has 0 aliphatic heterocycles. The summed E-state index contributed by atoms with van der Waals surface area (Å²) in [5.74, 6) is 0. The summed E-state index contributed by atoms with van der Waals surface area (Å²) in [7, 11) is 0. The van der Waals surface area contributed by atoms with Crippen LogP contribution in [0.5, 0.6) is 0 Å². The zero-order valence-electron chi connectivity index (χ0n) is 6.79. The van der Waals surface area contributed by atoms with Gasteiger partial charge in [0.05, 0.1) is 0 Å². The van der Waals surface area contributed by atoms with E-state index in [0.717, 1.165) is 18.5 Å². The van der Waals surface area contributed by atoms with Gasteiger partial charge < -0.3 is 5.73 Å². The van der Waals surface area contributed by atoms with Crippen molar-refractivity contribution >= 4 is 18.1 Å². The summed E-state index contributed by atoms with van der Waals surface area (Å²) in [6, 6.07) is 6.14. The summed E-state index contributed by atoms with van der Waals surface area (Å²) in [4.78, 5) is 0. The predicted molar refractivity (Wildman–Crippen MR) is 54.7 cm³/mol. The molecule has 2 rings (SSSR count). The van der Waals surface area contributed by atoms with E-state index < -0.39 is 0 Å². The molecule has 1 aromatic carbocycles. The van der Waals surface area contributed by atoms with Crippen LogP contribution >= 0.6 is 12.4 Å². The molecule has 0 spiro atoms. The van der Waals surface area contributed by atoms with Crippen LogP contribution < -0.4 is 5.73 Å². The first-order valence-corrected chi connectivity index (χ1v) is 3.89. The molecule has 1 nitrogen and oxygen atoms in total. The maximum Gasteiger partial charge on any atom is 0.0352 e. The molecule has 0 heterocycles. The standard InChI is InChI=1S/C10H11N.ClH/c11-10-7-3-5-8-4-1-2-6-9(8)10;/h1-3,5,7H,4,6,11H2;1H. The van der Waals surface area contributed by atoms with E-state index in [1.807, 2.05) is 12.1 Å². The van der Waals surface area contributed by atoms with Crippen LogP contribution in [0.4, 0.5) is 5.69 Å². The van der Waals surface area contributed by atoms with Crippen molar-refractivity contribution in [2.24, 2.45) is 0 Å². The number of nitrogen functional groups attached to an aromatic ring is 1. The Hall–Kier alpha value is -0.950. The molecule has 0 amide bonds. The van der Waals surface area contributed by atoms with E-state index >= 15 is 0 Å². The third kappa shape index (κ3) is 1.46. The smallest absolute Gasteiger partial charge is 0.0352 e. The molecule has 2 heteroatoms. The van der Waals surface area contributed by atoms with Crippen molar-refractivity contribution in [1.29, 1.82) is 0 Å². The molecule has 0 unspecified atom stereocenters. The van der Waals surface area contributed by atoms with E-state index in [0.29, 0.717) is 0 Å². The van der Waals surface area contributed by atoms with E-state index in [9.17, 15) is 0 Å². The molecule has 0 bridgehead atoms. The van der Waals surface area contributed by atoms with E-state index in [2.05, 4.69) is 18.2 Å². The highest BCUT2D eigenvalue weighted by Crippen LogP contribution is 2.21. The average molecular weight is 182 g/mol. The Labute approximate surface area is 78.7 Å². The van der Waals surface area contributed by atoms with Crippen LogP contribution in [0.3, 0.4) is 0 Å². The van der Waals surface area contributed by atoms with E-state index in [1.165, 1.54) is 11.1 Å². The number of rotatable bonds is 0. The van der Waals surface area contributed by atoms with Crippen molar-refractivity contribution in [3.05, 3.63) is 41.5 Å². The van der Waals surface area contributed by atoms with Crippen LogP contribution in [0.25, 0.3) is 0 Å². The molecule has 0 saturated carbocycles. The number of anilines is 1. The van der Waals surface area contributed by atoms with Gasteiger partial charge in [-0.1, -0.05) is 24.3 Å². The topological polar surface area (TPSA) is 26.0 Å². The van der Waals surface area contributed by atoms with Crippen LogP contribution in [-0.4, -0.2) is 0 Å². The van der Waals surface area contributed by atoms with Gasteiger partial charge in [0.1, 0.15) is 0 Å². The molecule has 12 heavy (non-hydrogen) atoms. The van der Waals surface area contributed by atoms with Crippen LogP contribution in [0.1, 0.15) is 11.1 Å². The largest absolute Gasteiger partial charge is 0.398 e. The lowest BCUT2D eigenvalue weighted by Gasteiger charge is -2.12. The molecule has 1 aliphatic rings. The van der Waals surface area contributed by atoms with Crippen molar-refractivity contribution in [1.82, 2.24) is 0 Å². The highest BCUT2D eigenvalue weighted by Gasteiger charge is 2.05. The number of hydrogen-bond acceptors (Lipinski definition) is 1. The number of benzene rings is 1. The third-order valence-corrected chi connectivity index (χ3v) is 2.14. The minimum Gasteiger partial charge on any atom is -0.398 e. The molecular formula is C10H12ClN. The van der Waals surface area contributed by atoms with Gasteiger partial charge in [-0.05, 0) is 30.0 Å². The highest BCUT2D eigenvalue weighted by molar-refractivity contribution is 5.85. The summed E-state index contributed by atoms with van der Waals surface area (Å²) >= 11 is 0.